The van der Waals surface area contributed by atoms with Gasteiger partial charge in [-0.25, -0.2) is 0 Å². The molecule has 0 atom stereocenters. The number of hydrogen-bond acceptors (Lipinski definition) is 1. The van der Waals surface area contributed by atoms with Crippen LogP contribution in [0.3, 0.4) is 0 Å². The molecule has 0 aliphatic carbocycles. The molecule has 0 N–H and O–H groups in total. The second kappa shape index (κ2) is 4.18. The molecule has 0 saturated heterocycles. The van der Waals surface area contributed by atoms with Gasteiger partial charge in [-0.2, -0.15) is 0 Å². The summed E-state index contributed by atoms with van der Waals surface area (Å²) in [4.78, 5) is 0. The van der Waals surface area contributed by atoms with Gasteiger partial charge in [0.2, 0.25) is 0 Å². The molecule has 0 fully saturated rings. The van der Waals surface area contributed by atoms with Crippen LogP contribution in [0.2, 0.25) is 0 Å². The summed E-state index contributed by atoms with van der Waals surface area (Å²) in [5, 5.41) is 2.45. The van der Waals surface area contributed by atoms with Gasteiger partial charge in [0.25, 0.3) is 0 Å². The fraction of sp³-hybridized carbons (Fsp3) is 0.143. The van der Waals surface area contributed by atoms with E-state index in [0.717, 1.165) is 5.75 Å². The predicted octanol–water partition coefficient (Wildman–Crippen LogP) is 3.88. The molecular formula is C14H14O. The summed E-state index contributed by atoms with van der Waals surface area (Å²) in [5.74, 6) is 0.904. The lowest BCUT2D eigenvalue weighted by atomic mass is 10.1. The highest BCUT2D eigenvalue weighted by atomic mass is 16.5. The molecule has 0 bridgehead atoms. The van der Waals surface area contributed by atoms with Gasteiger partial charge in [0.15, 0.2) is 0 Å². The summed E-state index contributed by atoms with van der Waals surface area (Å²) >= 11 is 0. The monoisotopic (exact) mass is 198 g/mol. The molecule has 15 heavy (non-hydrogen) atoms. The normalized spacial score (nSPS) is 11.1. The Balaban J connectivity index is 2.54. The predicted molar refractivity (Wildman–Crippen MR) is 65.2 cm³/mol. The summed E-state index contributed by atoms with van der Waals surface area (Å²) < 4.78 is 5.19. The van der Waals surface area contributed by atoms with Gasteiger partial charge >= 0.3 is 0 Å². The van der Waals surface area contributed by atoms with Crippen molar-refractivity contribution in [2.45, 2.75) is 6.92 Å². The number of allylic oxidation sites excluding steroid dienone is 1. The summed E-state index contributed by atoms with van der Waals surface area (Å²) in [7, 11) is 1.69. The van der Waals surface area contributed by atoms with Crippen LogP contribution in [0.5, 0.6) is 5.75 Å². The molecule has 2 aromatic rings. The Labute approximate surface area is 90.0 Å². The molecule has 2 aromatic carbocycles. The first-order chi connectivity index (χ1) is 7.33. The van der Waals surface area contributed by atoms with Crippen molar-refractivity contribution in [3.05, 3.63) is 48.0 Å². The zero-order valence-corrected chi connectivity index (χ0v) is 9.03. The second-order valence-electron chi connectivity index (χ2n) is 3.47. The van der Waals surface area contributed by atoms with Crippen LogP contribution in [0.4, 0.5) is 0 Å². The van der Waals surface area contributed by atoms with Gasteiger partial charge in [0.1, 0.15) is 5.75 Å². The van der Waals surface area contributed by atoms with Crippen molar-refractivity contribution in [1.29, 1.82) is 0 Å². The van der Waals surface area contributed by atoms with Crippen LogP contribution in [-0.2, 0) is 0 Å². The topological polar surface area (TPSA) is 9.23 Å². The molecule has 0 radical (unpaired) electrons. The van der Waals surface area contributed by atoms with E-state index in [-0.39, 0.29) is 0 Å². The summed E-state index contributed by atoms with van der Waals surface area (Å²) in [6, 6.07) is 12.5. The Bertz CT molecular complexity index is 498. The smallest absolute Gasteiger partial charge is 0.119 e. The van der Waals surface area contributed by atoms with Gasteiger partial charge in [-0.05, 0) is 41.5 Å². The van der Waals surface area contributed by atoms with Crippen molar-refractivity contribution in [1.82, 2.24) is 0 Å². The van der Waals surface area contributed by atoms with Gasteiger partial charge in [-0.3, -0.25) is 0 Å². The van der Waals surface area contributed by atoms with E-state index < -0.39 is 0 Å². The van der Waals surface area contributed by atoms with E-state index in [9.17, 15) is 0 Å². The van der Waals surface area contributed by atoms with Crippen LogP contribution in [0.15, 0.2) is 42.5 Å². The molecular weight excluding hydrogens is 184 g/mol. The Morgan fingerprint density at radius 1 is 1.00 bits per heavy atom. The van der Waals surface area contributed by atoms with E-state index in [1.165, 1.54) is 16.3 Å². The molecule has 0 spiro atoms. The number of rotatable bonds is 2. The second-order valence-corrected chi connectivity index (χ2v) is 3.47. The molecule has 0 unspecified atom stereocenters. The van der Waals surface area contributed by atoms with Crippen LogP contribution in [0.1, 0.15) is 12.5 Å². The van der Waals surface area contributed by atoms with Crippen LogP contribution < -0.4 is 4.74 Å². The van der Waals surface area contributed by atoms with Crippen LogP contribution in [0.25, 0.3) is 16.8 Å². The first-order valence-electron chi connectivity index (χ1n) is 5.04. The van der Waals surface area contributed by atoms with Crippen molar-refractivity contribution in [2.24, 2.45) is 0 Å². The van der Waals surface area contributed by atoms with Crippen molar-refractivity contribution in [3.8, 4) is 5.75 Å². The van der Waals surface area contributed by atoms with Crippen molar-refractivity contribution >= 4 is 16.8 Å². The summed E-state index contributed by atoms with van der Waals surface area (Å²) in [6.07, 6.45) is 4.15. The average Bonchev–Trinajstić information content (AvgIpc) is 2.29. The number of methoxy groups -OCH3 is 1. The number of fused-ring (bicyclic) bond motifs is 1. The standard InChI is InChI=1S/C14H14O/c1-3-4-11-5-6-13-10-14(15-2)8-7-12(13)9-11/h3-10H,1-2H3/b4-3-. The maximum absolute atomic E-state index is 5.19. The molecule has 0 aliphatic heterocycles. The van der Waals surface area contributed by atoms with E-state index in [2.05, 4.69) is 36.4 Å². The minimum absolute atomic E-state index is 0.904. The van der Waals surface area contributed by atoms with E-state index in [1.807, 2.05) is 19.1 Å². The lowest BCUT2D eigenvalue weighted by Gasteiger charge is -2.03. The van der Waals surface area contributed by atoms with E-state index in [4.69, 9.17) is 4.74 Å². The molecule has 0 heterocycles. The molecule has 0 aromatic heterocycles. The highest BCUT2D eigenvalue weighted by Gasteiger charge is 1.96. The maximum atomic E-state index is 5.19. The zero-order chi connectivity index (χ0) is 10.7. The fourth-order valence-electron chi connectivity index (χ4n) is 1.67. The van der Waals surface area contributed by atoms with Crippen LogP contribution in [-0.4, -0.2) is 7.11 Å². The summed E-state index contributed by atoms with van der Waals surface area (Å²) in [6.45, 7) is 2.03. The van der Waals surface area contributed by atoms with Crippen molar-refractivity contribution in [3.63, 3.8) is 0 Å². The Kier molecular flexibility index (Phi) is 2.72. The molecule has 0 saturated carbocycles. The van der Waals surface area contributed by atoms with E-state index >= 15 is 0 Å². The first kappa shape index (κ1) is 9.78. The third-order valence-electron chi connectivity index (χ3n) is 2.43. The number of hydrogen-bond donors (Lipinski definition) is 0. The Morgan fingerprint density at radius 2 is 1.73 bits per heavy atom. The molecule has 1 heteroatoms. The molecule has 0 aliphatic rings. The third kappa shape index (κ3) is 2.01. The Morgan fingerprint density at radius 3 is 2.47 bits per heavy atom. The number of benzene rings is 2. The van der Waals surface area contributed by atoms with Gasteiger partial charge < -0.3 is 4.74 Å². The highest BCUT2D eigenvalue weighted by Crippen LogP contribution is 2.22. The van der Waals surface area contributed by atoms with Crippen LogP contribution >= 0.6 is 0 Å². The van der Waals surface area contributed by atoms with Gasteiger partial charge in [-0.1, -0.05) is 30.4 Å². The zero-order valence-electron chi connectivity index (χ0n) is 9.03. The van der Waals surface area contributed by atoms with Crippen molar-refractivity contribution in [2.75, 3.05) is 7.11 Å². The van der Waals surface area contributed by atoms with E-state index in [1.54, 1.807) is 7.11 Å². The first-order valence-corrected chi connectivity index (χ1v) is 5.04. The quantitative estimate of drug-likeness (QED) is 0.711. The molecule has 76 valence electrons. The lowest BCUT2D eigenvalue weighted by molar-refractivity contribution is 0.415. The molecule has 1 nitrogen and oxygen atoms in total. The Hall–Kier alpha value is -1.76. The molecule has 2 rings (SSSR count). The van der Waals surface area contributed by atoms with E-state index in [0.29, 0.717) is 0 Å². The fourth-order valence-corrected chi connectivity index (χ4v) is 1.67. The lowest BCUT2D eigenvalue weighted by Crippen LogP contribution is -1.82. The maximum Gasteiger partial charge on any atom is 0.119 e. The van der Waals surface area contributed by atoms with Gasteiger partial charge in [0, 0.05) is 0 Å². The average molecular weight is 198 g/mol. The largest absolute Gasteiger partial charge is 0.497 e. The highest BCUT2D eigenvalue weighted by molar-refractivity contribution is 5.86. The van der Waals surface area contributed by atoms with Crippen molar-refractivity contribution < 1.29 is 4.74 Å². The number of ether oxygens (including phenoxy) is 1. The summed E-state index contributed by atoms with van der Waals surface area (Å²) in [5.41, 5.74) is 1.23. The molecule has 0 amide bonds. The minimum Gasteiger partial charge on any atom is -0.497 e. The third-order valence-corrected chi connectivity index (χ3v) is 2.43. The van der Waals surface area contributed by atoms with Crippen LogP contribution in [0, 0.1) is 0 Å². The SMILES string of the molecule is C/C=C\c1ccc2cc(OC)ccc2c1. The minimum atomic E-state index is 0.904. The van der Waals surface area contributed by atoms with Gasteiger partial charge in [-0.15, -0.1) is 0 Å². The van der Waals surface area contributed by atoms with Gasteiger partial charge in [0.05, 0.1) is 7.11 Å².